The van der Waals surface area contributed by atoms with Gasteiger partial charge in [-0.15, -0.1) is 0 Å². The van der Waals surface area contributed by atoms with Crippen molar-refractivity contribution in [3.8, 4) is 11.5 Å². The Labute approximate surface area is 158 Å². The van der Waals surface area contributed by atoms with Crippen molar-refractivity contribution in [3.05, 3.63) is 18.2 Å². The largest absolute Gasteiger partial charge is 0.486 e. The molecular formula is C17H24N2O7S. The van der Waals surface area contributed by atoms with Gasteiger partial charge in [-0.2, -0.15) is 0 Å². The summed E-state index contributed by atoms with van der Waals surface area (Å²) in [6.07, 6.45) is 1.97. The second-order valence-electron chi connectivity index (χ2n) is 5.85. The van der Waals surface area contributed by atoms with Crippen molar-refractivity contribution in [2.45, 2.75) is 30.6 Å². The predicted molar refractivity (Wildman–Crippen MR) is 96.1 cm³/mol. The van der Waals surface area contributed by atoms with E-state index in [-0.39, 0.29) is 30.4 Å². The summed E-state index contributed by atoms with van der Waals surface area (Å²) in [5.74, 6) is 0.134. The molecule has 1 heterocycles. The molecule has 0 bridgehead atoms. The van der Waals surface area contributed by atoms with Crippen LogP contribution in [-0.4, -0.2) is 53.7 Å². The maximum absolute atomic E-state index is 12.3. The molecule has 1 aliphatic rings. The first-order valence-corrected chi connectivity index (χ1v) is 10.2. The van der Waals surface area contributed by atoms with Crippen molar-refractivity contribution >= 4 is 21.9 Å². The highest BCUT2D eigenvalue weighted by Gasteiger charge is 2.18. The lowest BCUT2D eigenvalue weighted by molar-refractivity contribution is -0.148. The first-order valence-electron chi connectivity index (χ1n) is 8.68. The van der Waals surface area contributed by atoms with E-state index in [1.54, 1.807) is 6.07 Å². The third-order valence-electron chi connectivity index (χ3n) is 3.82. The Kier molecular flexibility index (Phi) is 7.86. The zero-order chi connectivity index (χ0) is 19.7. The van der Waals surface area contributed by atoms with Crippen molar-refractivity contribution in [1.29, 1.82) is 0 Å². The van der Waals surface area contributed by atoms with Crippen molar-refractivity contribution in [3.63, 3.8) is 0 Å². The zero-order valence-corrected chi connectivity index (χ0v) is 16.0. The fourth-order valence-corrected chi connectivity index (χ4v) is 3.43. The number of carbonyl (C=O) groups is 2. The average molecular weight is 400 g/mol. The predicted octanol–water partition coefficient (Wildman–Crippen LogP) is 0.586. The van der Waals surface area contributed by atoms with Crippen LogP contribution in [0.15, 0.2) is 23.1 Å². The van der Waals surface area contributed by atoms with E-state index < -0.39 is 16.0 Å². The number of sulfonamides is 1. The maximum Gasteiger partial charge on any atom is 0.306 e. The standard InChI is InChI=1S/C17H24N2O7S/c1-18-16(20)12-26-17(21)5-3-2-4-8-19-27(22,23)13-6-7-14-15(11-13)25-10-9-24-14/h6-7,11,19H,2-5,8-10,12H2,1H3,(H,18,20). The van der Waals surface area contributed by atoms with Crippen LogP contribution in [0.2, 0.25) is 0 Å². The van der Waals surface area contributed by atoms with Crippen molar-refractivity contribution in [2.75, 3.05) is 33.4 Å². The Morgan fingerprint density at radius 3 is 2.59 bits per heavy atom. The minimum absolute atomic E-state index is 0.115. The highest BCUT2D eigenvalue weighted by molar-refractivity contribution is 7.89. The number of hydrogen-bond donors (Lipinski definition) is 2. The third kappa shape index (κ3) is 6.72. The molecular weight excluding hydrogens is 376 g/mol. The van der Waals surface area contributed by atoms with Crippen LogP contribution in [0.5, 0.6) is 11.5 Å². The molecule has 0 spiro atoms. The number of fused-ring (bicyclic) bond motifs is 1. The van der Waals surface area contributed by atoms with Crippen LogP contribution < -0.4 is 19.5 Å². The monoisotopic (exact) mass is 400 g/mol. The van der Waals surface area contributed by atoms with E-state index in [9.17, 15) is 18.0 Å². The van der Waals surface area contributed by atoms with Gasteiger partial charge in [0, 0.05) is 26.1 Å². The molecule has 0 saturated heterocycles. The highest BCUT2D eigenvalue weighted by atomic mass is 32.2. The zero-order valence-electron chi connectivity index (χ0n) is 15.2. The molecule has 0 atom stereocenters. The van der Waals surface area contributed by atoms with E-state index in [1.807, 2.05) is 0 Å². The summed E-state index contributed by atoms with van der Waals surface area (Å²) in [4.78, 5) is 22.5. The SMILES string of the molecule is CNC(=O)COC(=O)CCCCCNS(=O)(=O)c1ccc2c(c1)OCCO2. The molecule has 1 amide bonds. The Morgan fingerprint density at radius 2 is 1.85 bits per heavy atom. The molecule has 2 rings (SSSR count). The van der Waals surface area contributed by atoms with E-state index in [0.29, 0.717) is 44.0 Å². The van der Waals surface area contributed by atoms with Crippen molar-refractivity contribution in [2.24, 2.45) is 0 Å². The lowest BCUT2D eigenvalue weighted by Gasteiger charge is -2.18. The Balaban J connectivity index is 1.67. The molecule has 150 valence electrons. The van der Waals surface area contributed by atoms with E-state index in [2.05, 4.69) is 10.0 Å². The fraction of sp³-hybridized carbons (Fsp3) is 0.529. The number of amides is 1. The first kappa shape index (κ1) is 21.0. The molecule has 0 fully saturated rings. The van der Waals surface area contributed by atoms with Crippen LogP contribution in [0.3, 0.4) is 0 Å². The van der Waals surface area contributed by atoms with Gasteiger partial charge in [-0.1, -0.05) is 6.42 Å². The van der Waals surface area contributed by atoms with Gasteiger partial charge in [0.15, 0.2) is 18.1 Å². The molecule has 1 aromatic rings. The van der Waals surface area contributed by atoms with Gasteiger partial charge in [0.25, 0.3) is 5.91 Å². The topological polar surface area (TPSA) is 120 Å². The second-order valence-corrected chi connectivity index (χ2v) is 7.61. The minimum Gasteiger partial charge on any atom is -0.486 e. The summed E-state index contributed by atoms with van der Waals surface area (Å²) < 4.78 is 42.7. The number of unbranched alkanes of at least 4 members (excludes halogenated alkanes) is 2. The number of hydrogen-bond acceptors (Lipinski definition) is 7. The number of likely N-dealkylation sites (N-methyl/N-ethyl adjacent to an activating group) is 1. The Bertz CT molecular complexity index is 765. The smallest absolute Gasteiger partial charge is 0.306 e. The number of ether oxygens (including phenoxy) is 3. The number of benzene rings is 1. The summed E-state index contributed by atoms with van der Waals surface area (Å²) in [5.41, 5.74) is 0. The number of rotatable bonds is 10. The van der Waals surface area contributed by atoms with Gasteiger partial charge < -0.3 is 19.5 Å². The molecule has 0 aromatic heterocycles. The van der Waals surface area contributed by atoms with Gasteiger partial charge in [-0.05, 0) is 25.0 Å². The van der Waals surface area contributed by atoms with Crippen molar-refractivity contribution < 1.29 is 32.2 Å². The van der Waals surface area contributed by atoms with E-state index in [1.165, 1.54) is 19.2 Å². The molecule has 0 unspecified atom stereocenters. The summed E-state index contributed by atoms with van der Waals surface area (Å²) in [7, 11) is -2.18. The number of carbonyl (C=O) groups excluding carboxylic acids is 2. The molecule has 1 aliphatic heterocycles. The molecule has 10 heteroatoms. The van der Waals surface area contributed by atoms with Gasteiger partial charge in [-0.3, -0.25) is 9.59 Å². The first-order chi connectivity index (χ1) is 12.9. The minimum atomic E-state index is -3.64. The average Bonchev–Trinajstić information content (AvgIpc) is 2.68. The number of esters is 1. The van der Waals surface area contributed by atoms with Crippen LogP contribution >= 0.6 is 0 Å². The van der Waals surface area contributed by atoms with Crippen LogP contribution in [0.25, 0.3) is 0 Å². The second kappa shape index (κ2) is 10.1. The van der Waals surface area contributed by atoms with Gasteiger partial charge in [0.1, 0.15) is 13.2 Å². The van der Waals surface area contributed by atoms with E-state index in [4.69, 9.17) is 14.2 Å². The van der Waals surface area contributed by atoms with E-state index >= 15 is 0 Å². The van der Waals surface area contributed by atoms with Crippen molar-refractivity contribution in [1.82, 2.24) is 10.0 Å². The molecule has 0 aliphatic carbocycles. The van der Waals surface area contributed by atoms with Crippen LogP contribution in [0, 0.1) is 0 Å². The molecule has 0 saturated carbocycles. The lowest BCUT2D eigenvalue weighted by atomic mass is 10.2. The summed E-state index contributed by atoms with van der Waals surface area (Å²) in [6, 6.07) is 4.49. The molecule has 27 heavy (non-hydrogen) atoms. The number of nitrogens with one attached hydrogen (secondary N) is 2. The van der Waals surface area contributed by atoms with Gasteiger partial charge in [-0.25, -0.2) is 13.1 Å². The van der Waals surface area contributed by atoms with Gasteiger partial charge >= 0.3 is 5.97 Å². The molecule has 2 N–H and O–H groups in total. The normalized spacial score (nSPS) is 13.1. The van der Waals surface area contributed by atoms with Gasteiger partial charge in [0.2, 0.25) is 10.0 Å². The Morgan fingerprint density at radius 1 is 1.11 bits per heavy atom. The summed E-state index contributed by atoms with van der Waals surface area (Å²) >= 11 is 0. The van der Waals surface area contributed by atoms with Crippen LogP contribution in [0.1, 0.15) is 25.7 Å². The van der Waals surface area contributed by atoms with E-state index in [0.717, 1.165) is 0 Å². The third-order valence-corrected chi connectivity index (χ3v) is 5.28. The van der Waals surface area contributed by atoms with Crippen LogP contribution in [-0.2, 0) is 24.3 Å². The molecule has 0 radical (unpaired) electrons. The lowest BCUT2D eigenvalue weighted by Crippen LogP contribution is -2.25. The van der Waals surface area contributed by atoms with Crippen LogP contribution in [0.4, 0.5) is 0 Å². The summed E-state index contributed by atoms with van der Waals surface area (Å²) in [6.45, 7) is 0.793. The summed E-state index contributed by atoms with van der Waals surface area (Å²) in [5, 5.41) is 2.35. The quantitative estimate of drug-likeness (QED) is 0.435. The highest BCUT2D eigenvalue weighted by Crippen LogP contribution is 2.32. The van der Waals surface area contributed by atoms with Gasteiger partial charge in [0.05, 0.1) is 4.90 Å². The maximum atomic E-state index is 12.3. The molecule has 9 nitrogen and oxygen atoms in total. The fourth-order valence-electron chi connectivity index (χ4n) is 2.34. The molecule has 1 aromatic carbocycles. The Hall–Kier alpha value is -2.33.